The number of aromatic nitrogens is 3. The van der Waals surface area contributed by atoms with E-state index in [1.807, 2.05) is 25.1 Å². The van der Waals surface area contributed by atoms with Crippen molar-refractivity contribution in [2.45, 2.75) is 39.3 Å². The first kappa shape index (κ1) is 30.3. The lowest BCUT2D eigenvalue weighted by Gasteiger charge is -2.37. The van der Waals surface area contributed by atoms with E-state index in [4.69, 9.17) is 14.5 Å². The number of benzene rings is 1. The van der Waals surface area contributed by atoms with Gasteiger partial charge in [0.25, 0.3) is 0 Å². The average Bonchev–Trinajstić information content (AvgIpc) is 3.42. The highest BCUT2D eigenvalue weighted by molar-refractivity contribution is 5.87. The topological polar surface area (TPSA) is 125 Å². The molecule has 1 saturated heterocycles. The molecule has 1 aliphatic heterocycles. The third kappa shape index (κ3) is 6.72. The highest BCUT2D eigenvalue weighted by atomic mass is 19.1. The molecule has 0 spiro atoms. The van der Waals surface area contributed by atoms with E-state index in [2.05, 4.69) is 21.4 Å². The summed E-state index contributed by atoms with van der Waals surface area (Å²) in [5.41, 5.74) is 2.43. The number of nitrogens with zero attached hydrogens (tertiary/aromatic N) is 6. The number of ether oxygens (including phenoxy) is 2. The van der Waals surface area contributed by atoms with Crippen LogP contribution in [0.3, 0.4) is 0 Å². The van der Waals surface area contributed by atoms with Crippen molar-refractivity contribution in [3.63, 3.8) is 0 Å². The normalized spacial score (nSPS) is 14.2. The zero-order chi connectivity index (χ0) is 31.4. The summed E-state index contributed by atoms with van der Waals surface area (Å²) in [6.07, 6.45) is 4.29. The smallest absolute Gasteiger partial charge is 0.408 e. The summed E-state index contributed by atoms with van der Waals surface area (Å²) in [6.45, 7) is 9.44. The Morgan fingerprint density at radius 2 is 1.82 bits per heavy atom. The molecule has 44 heavy (non-hydrogen) atoms. The molecule has 0 saturated carbocycles. The number of nitriles is 1. The SMILES string of the molecule is CCOc1cc(-c2ccc(N3CCN(C(=O)C(NC(=O)OC(C)(C)C)c4ccc(F)cc4)CC3)nc2)c2c(C#N)cnn2c1. The van der Waals surface area contributed by atoms with Gasteiger partial charge in [0.15, 0.2) is 0 Å². The van der Waals surface area contributed by atoms with Crippen LogP contribution in [0.15, 0.2) is 61.1 Å². The number of nitrogens with one attached hydrogen (secondary N) is 1. The fraction of sp³-hybridized carbons (Fsp3) is 0.344. The molecule has 12 heteroatoms. The molecule has 1 atom stereocenters. The first-order valence-corrected chi connectivity index (χ1v) is 14.4. The summed E-state index contributed by atoms with van der Waals surface area (Å²) in [7, 11) is 0. The molecule has 0 radical (unpaired) electrons. The average molecular weight is 600 g/mol. The second-order valence-electron chi connectivity index (χ2n) is 11.3. The lowest BCUT2D eigenvalue weighted by atomic mass is 10.0. The van der Waals surface area contributed by atoms with Gasteiger partial charge >= 0.3 is 6.09 Å². The van der Waals surface area contributed by atoms with E-state index in [1.165, 1.54) is 30.5 Å². The molecule has 1 N–H and O–H groups in total. The quantitative estimate of drug-likeness (QED) is 0.324. The summed E-state index contributed by atoms with van der Waals surface area (Å²) in [4.78, 5) is 34.7. The number of hydrogen-bond acceptors (Lipinski definition) is 8. The molecular weight excluding hydrogens is 565 g/mol. The van der Waals surface area contributed by atoms with Gasteiger partial charge in [0.05, 0.1) is 30.1 Å². The van der Waals surface area contributed by atoms with Gasteiger partial charge in [0.2, 0.25) is 5.91 Å². The lowest BCUT2D eigenvalue weighted by molar-refractivity contribution is -0.134. The van der Waals surface area contributed by atoms with Crippen LogP contribution in [0.5, 0.6) is 5.75 Å². The zero-order valence-electron chi connectivity index (χ0n) is 25.1. The summed E-state index contributed by atoms with van der Waals surface area (Å²) >= 11 is 0. The van der Waals surface area contributed by atoms with E-state index in [9.17, 15) is 19.2 Å². The van der Waals surface area contributed by atoms with Crippen LogP contribution >= 0.6 is 0 Å². The van der Waals surface area contributed by atoms with Gasteiger partial charge in [0, 0.05) is 43.5 Å². The van der Waals surface area contributed by atoms with E-state index in [-0.39, 0.29) is 5.91 Å². The number of alkyl carbamates (subject to hydrolysis) is 1. The van der Waals surface area contributed by atoms with Crippen LogP contribution in [0, 0.1) is 17.1 Å². The van der Waals surface area contributed by atoms with Gasteiger partial charge in [0.1, 0.15) is 35.1 Å². The minimum atomic E-state index is -1.03. The summed E-state index contributed by atoms with van der Waals surface area (Å²) < 4.78 is 26.3. The number of anilines is 1. The Morgan fingerprint density at radius 1 is 1.09 bits per heavy atom. The van der Waals surface area contributed by atoms with E-state index in [1.54, 1.807) is 42.6 Å². The number of rotatable bonds is 7. The Kier molecular flexibility index (Phi) is 8.66. The van der Waals surface area contributed by atoms with Crippen molar-refractivity contribution in [3.05, 3.63) is 78.0 Å². The molecule has 0 aliphatic carbocycles. The van der Waals surface area contributed by atoms with E-state index in [0.29, 0.717) is 55.2 Å². The minimum Gasteiger partial charge on any atom is -0.492 e. The second kappa shape index (κ2) is 12.6. The molecule has 2 amide bonds. The number of carbonyl (C=O) groups excluding carboxylic acids is 2. The molecule has 5 rings (SSSR count). The predicted molar refractivity (Wildman–Crippen MR) is 162 cm³/mol. The van der Waals surface area contributed by atoms with Crippen LogP contribution in [-0.4, -0.2) is 69.9 Å². The summed E-state index contributed by atoms with van der Waals surface area (Å²) in [6, 6.07) is 12.4. The highest BCUT2D eigenvalue weighted by Gasteiger charge is 2.31. The van der Waals surface area contributed by atoms with Gasteiger partial charge in [-0.25, -0.2) is 18.7 Å². The van der Waals surface area contributed by atoms with Gasteiger partial charge in [-0.05, 0) is 63.6 Å². The maximum Gasteiger partial charge on any atom is 0.408 e. The Hall–Kier alpha value is -5.18. The van der Waals surface area contributed by atoms with Gasteiger partial charge in [-0.15, -0.1) is 0 Å². The minimum absolute atomic E-state index is 0.308. The van der Waals surface area contributed by atoms with Gasteiger partial charge in [-0.1, -0.05) is 12.1 Å². The third-order valence-electron chi connectivity index (χ3n) is 7.10. The molecule has 4 aromatic rings. The van der Waals surface area contributed by atoms with Crippen LogP contribution in [0.1, 0.15) is 44.9 Å². The largest absolute Gasteiger partial charge is 0.492 e. The van der Waals surface area contributed by atoms with Gasteiger partial charge in [-0.3, -0.25) is 4.79 Å². The standard InChI is InChI=1S/C32H34FN7O4/c1-5-43-25-16-26(29-23(17-34)19-36-40(29)20-25)22-8-11-27(35-18-22)38-12-14-39(15-13-38)30(41)28(21-6-9-24(33)10-7-21)37-31(42)44-32(2,3)4/h6-11,16,18-20,28H,5,12-15H2,1-4H3,(H,37,42). The van der Waals surface area contributed by atoms with Crippen molar-refractivity contribution in [3.8, 4) is 22.9 Å². The Bertz CT molecular complexity index is 1680. The molecule has 0 bridgehead atoms. The first-order chi connectivity index (χ1) is 21.1. The molecular formula is C32H34FN7O4. The number of hydrogen-bond donors (Lipinski definition) is 1. The Morgan fingerprint density at radius 3 is 2.43 bits per heavy atom. The maximum atomic E-state index is 13.6. The lowest BCUT2D eigenvalue weighted by Crippen LogP contribution is -2.52. The second-order valence-corrected chi connectivity index (χ2v) is 11.3. The van der Waals surface area contributed by atoms with Crippen molar-refractivity contribution >= 4 is 23.3 Å². The van der Waals surface area contributed by atoms with Crippen LogP contribution in [-0.2, 0) is 9.53 Å². The highest BCUT2D eigenvalue weighted by Crippen LogP contribution is 2.31. The third-order valence-corrected chi connectivity index (χ3v) is 7.10. The van der Waals surface area contributed by atoms with Crippen LogP contribution < -0.4 is 15.0 Å². The molecule has 4 heterocycles. The van der Waals surface area contributed by atoms with Crippen LogP contribution in [0.25, 0.3) is 16.6 Å². The number of pyridine rings is 2. The Labute approximate surface area is 254 Å². The molecule has 228 valence electrons. The van der Waals surface area contributed by atoms with Crippen LogP contribution in [0.2, 0.25) is 0 Å². The van der Waals surface area contributed by atoms with Crippen molar-refractivity contribution in [2.24, 2.45) is 0 Å². The first-order valence-electron chi connectivity index (χ1n) is 14.4. The molecule has 11 nitrogen and oxygen atoms in total. The molecule has 1 fully saturated rings. The van der Waals surface area contributed by atoms with Crippen molar-refractivity contribution < 1.29 is 23.5 Å². The molecule has 1 aliphatic rings. The van der Waals surface area contributed by atoms with Gasteiger partial charge < -0.3 is 24.6 Å². The monoisotopic (exact) mass is 599 g/mol. The molecule has 1 aromatic carbocycles. The maximum absolute atomic E-state index is 13.6. The zero-order valence-corrected chi connectivity index (χ0v) is 25.1. The number of halogens is 1. The van der Waals surface area contributed by atoms with Crippen molar-refractivity contribution in [2.75, 3.05) is 37.7 Å². The number of piperazine rings is 1. The Balaban J connectivity index is 1.30. The fourth-order valence-electron chi connectivity index (χ4n) is 5.08. The molecule has 1 unspecified atom stereocenters. The summed E-state index contributed by atoms with van der Waals surface area (Å²) in [5, 5.41) is 16.6. The van der Waals surface area contributed by atoms with E-state index >= 15 is 0 Å². The van der Waals surface area contributed by atoms with Crippen molar-refractivity contribution in [1.82, 2.24) is 24.8 Å². The predicted octanol–water partition coefficient (Wildman–Crippen LogP) is 4.72. The van der Waals surface area contributed by atoms with E-state index in [0.717, 1.165) is 16.9 Å². The van der Waals surface area contributed by atoms with Gasteiger partial charge in [-0.2, -0.15) is 10.4 Å². The van der Waals surface area contributed by atoms with Crippen LogP contribution in [0.4, 0.5) is 15.0 Å². The summed E-state index contributed by atoms with van der Waals surface area (Å²) in [5.74, 6) is 0.630. The fourth-order valence-corrected chi connectivity index (χ4v) is 5.08. The number of carbonyl (C=O) groups is 2. The van der Waals surface area contributed by atoms with Crippen molar-refractivity contribution in [1.29, 1.82) is 5.26 Å². The number of fused-ring (bicyclic) bond motifs is 1. The number of amides is 2. The van der Waals surface area contributed by atoms with E-state index < -0.39 is 23.6 Å². The molecule has 3 aromatic heterocycles.